The maximum atomic E-state index is 12.0. The van der Waals surface area contributed by atoms with Crippen LogP contribution in [0, 0.1) is 6.92 Å². The highest BCUT2D eigenvalue weighted by molar-refractivity contribution is 6.31. The highest BCUT2D eigenvalue weighted by atomic mass is 35.5. The molecule has 1 aromatic heterocycles. The second-order valence-corrected chi connectivity index (χ2v) is 5.39. The molecule has 2 N–H and O–H groups in total. The molecule has 0 radical (unpaired) electrons. The first-order chi connectivity index (χ1) is 9.90. The molecule has 110 valence electrons. The Morgan fingerprint density at radius 1 is 1.33 bits per heavy atom. The third-order valence-electron chi connectivity index (χ3n) is 3.06. The Labute approximate surface area is 128 Å². The van der Waals surface area contributed by atoms with Gasteiger partial charge in [0.2, 0.25) is 0 Å². The van der Waals surface area contributed by atoms with Gasteiger partial charge in [-0.2, -0.15) is 0 Å². The van der Waals surface area contributed by atoms with E-state index in [9.17, 15) is 9.90 Å². The molecular formula is C15H16ClN3O2. The van der Waals surface area contributed by atoms with E-state index in [1.165, 1.54) is 12.4 Å². The average molecular weight is 306 g/mol. The van der Waals surface area contributed by atoms with Crippen LogP contribution in [0.25, 0.3) is 0 Å². The molecule has 1 heterocycles. The number of hydrogen-bond acceptors (Lipinski definition) is 4. The molecule has 21 heavy (non-hydrogen) atoms. The molecule has 2 rings (SSSR count). The van der Waals surface area contributed by atoms with Gasteiger partial charge in [-0.15, -0.1) is 0 Å². The molecule has 1 atom stereocenters. The lowest BCUT2D eigenvalue weighted by molar-refractivity contribution is 0.0525. The Morgan fingerprint density at radius 3 is 2.67 bits per heavy atom. The zero-order valence-corrected chi connectivity index (χ0v) is 12.6. The fraction of sp³-hybridized carbons (Fsp3) is 0.267. The topological polar surface area (TPSA) is 75.1 Å². The quantitative estimate of drug-likeness (QED) is 0.907. The normalized spacial score (nSPS) is 13.5. The summed E-state index contributed by atoms with van der Waals surface area (Å²) in [5.41, 5.74) is 0.221. The largest absolute Gasteiger partial charge is 0.384 e. The Morgan fingerprint density at radius 2 is 2.05 bits per heavy atom. The molecular weight excluding hydrogens is 290 g/mol. The first kappa shape index (κ1) is 15.4. The van der Waals surface area contributed by atoms with Gasteiger partial charge in [-0.1, -0.05) is 29.8 Å². The summed E-state index contributed by atoms with van der Waals surface area (Å²) in [5, 5.41) is 13.6. The Balaban J connectivity index is 2.06. The van der Waals surface area contributed by atoms with Crippen molar-refractivity contribution in [1.82, 2.24) is 15.3 Å². The summed E-state index contributed by atoms with van der Waals surface area (Å²) in [6, 6.07) is 6.98. The molecule has 0 aliphatic rings. The van der Waals surface area contributed by atoms with Crippen LogP contribution < -0.4 is 5.32 Å². The standard InChI is InChI=1S/C15H16ClN3O2/c1-10-7-18-13(8-17-10)14(20)19-9-15(2,21)11-5-3-4-6-12(11)16/h3-8,21H,9H2,1-2H3,(H,19,20)/t15-/m1/s1. The lowest BCUT2D eigenvalue weighted by Crippen LogP contribution is -2.39. The molecule has 0 saturated heterocycles. The van der Waals surface area contributed by atoms with Gasteiger partial charge in [-0.05, 0) is 19.9 Å². The first-order valence-electron chi connectivity index (χ1n) is 6.44. The SMILES string of the molecule is Cc1cnc(C(=O)NC[C@@](C)(O)c2ccccc2Cl)cn1. The van der Waals surface area contributed by atoms with Gasteiger partial charge in [-0.3, -0.25) is 9.78 Å². The third kappa shape index (κ3) is 3.77. The van der Waals surface area contributed by atoms with Gasteiger partial charge >= 0.3 is 0 Å². The molecule has 0 spiro atoms. The summed E-state index contributed by atoms with van der Waals surface area (Å²) < 4.78 is 0. The third-order valence-corrected chi connectivity index (χ3v) is 3.39. The molecule has 1 amide bonds. The zero-order valence-electron chi connectivity index (χ0n) is 11.8. The number of aromatic nitrogens is 2. The number of aliphatic hydroxyl groups is 1. The van der Waals surface area contributed by atoms with E-state index < -0.39 is 11.5 Å². The van der Waals surface area contributed by atoms with E-state index in [0.717, 1.165) is 5.69 Å². The van der Waals surface area contributed by atoms with Crippen LogP contribution in [0.2, 0.25) is 5.02 Å². The van der Waals surface area contributed by atoms with Gasteiger partial charge in [-0.25, -0.2) is 4.98 Å². The number of halogens is 1. The number of carbonyl (C=O) groups is 1. The van der Waals surface area contributed by atoms with E-state index in [1.54, 1.807) is 38.1 Å². The maximum Gasteiger partial charge on any atom is 0.271 e. The van der Waals surface area contributed by atoms with Crippen LogP contribution in [0.4, 0.5) is 0 Å². The van der Waals surface area contributed by atoms with Crippen LogP contribution in [-0.4, -0.2) is 27.5 Å². The Hall–Kier alpha value is -1.98. The van der Waals surface area contributed by atoms with Crippen LogP contribution in [0.5, 0.6) is 0 Å². The summed E-state index contributed by atoms with van der Waals surface area (Å²) in [4.78, 5) is 20.0. The highest BCUT2D eigenvalue weighted by Gasteiger charge is 2.26. The summed E-state index contributed by atoms with van der Waals surface area (Å²) in [6.07, 6.45) is 2.91. The van der Waals surface area contributed by atoms with Gasteiger partial charge in [0, 0.05) is 16.8 Å². The molecule has 6 heteroatoms. The van der Waals surface area contributed by atoms with Crippen molar-refractivity contribution in [3.8, 4) is 0 Å². The molecule has 0 bridgehead atoms. The predicted octanol–water partition coefficient (Wildman–Crippen LogP) is 2.08. The molecule has 5 nitrogen and oxygen atoms in total. The fourth-order valence-corrected chi connectivity index (χ4v) is 2.19. The molecule has 0 fully saturated rings. The van der Waals surface area contributed by atoms with Gasteiger partial charge in [0.15, 0.2) is 0 Å². The second kappa shape index (κ2) is 6.20. The van der Waals surface area contributed by atoms with E-state index in [4.69, 9.17) is 11.6 Å². The van der Waals surface area contributed by atoms with Gasteiger partial charge in [0.25, 0.3) is 5.91 Å². The molecule has 2 aromatic rings. The average Bonchev–Trinajstić information content (AvgIpc) is 2.46. The van der Waals surface area contributed by atoms with E-state index in [2.05, 4.69) is 15.3 Å². The van der Waals surface area contributed by atoms with Crippen LogP contribution in [0.3, 0.4) is 0 Å². The predicted molar refractivity (Wildman–Crippen MR) is 80.1 cm³/mol. The second-order valence-electron chi connectivity index (χ2n) is 4.98. The van der Waals surface area contributed by atoms with Gasteiger partial charge < -0.3 is 10.4 Å². The van der Waals surface area contributed by atoms with Crippen molar-refractivity contribution in [2.75, 3.05) is 6.54 Å². The van der Waals surface area contributed by atoms with Crippen LogP contribution in [-0.2, 0) is 5.60 Å². The number of carbonyl (C=O) groups excluding carboxylic acids is 1. The van der Waals surface area contributed by atoms with Crippen molar-refractivity contribution < 1.29 is 9.90 Å². The molecule has 0 unspecified atom stereocenters. The number of hydrogen-bond donors (Lipinski definition) is 2. The lowest BCUT2D eigenvalue weighted by atomic mass is 9.96. The number of aryl methyl sites for hydroxylation is 1. The number of benzene rings is 1. The summed E-state index contributed by atoms with van der Waals surface area (Å²) in [7, 11) is 0. The van der Waals surface area contributed by atoms with Crippen molar-refractivity contribution >= 4 is 17.5 Å². The minimum atomic E-state index is -1.27. The molecule has 1 aromatic carbocycles. The Kier molecular flexibility index (Phi) is 4.55. The van der Waals surface area contributed by atoms with E-state index in [1.807, 2.05) is 0 Å². The molecule has 0 saturated carbocycles. The minimum absolute atomic E-state index is 0.0190. The number of amides is 1. The van der Waals surface area contributed by atoms with Crippen molar-refractivity contribution in [1.29, 1.82) is 0 Å². The van der Waals surface area contributed by atoms with Crippen molar-refractivity contribution in [2.24, 2.45) is 0 Å². The minimum Gasteiger partial charge on any atom is -0.384 e. The maximum absolute atomic E-state index is 12.0. The van der Waals surface area contributed by atoms with E-state index in [0.29, 0.717) is 10.6 Å². The molecule has 0 aliphatic carbocycles. The summed E-state index contributed by atoms with van der Waals surface area (Å²) in [6.45, 7) is 3.40. The van der Waals surface area contributed by atoms with Crippen LogP contribution in [0.1, 0.15) is 28.7 Å². The lowest BCUT2D eigenvalue weighted by Gasteiger charge is -2.25. The zero-order chi connectivity index (χ0) is 15.5. The monoisotopic (exact) mass is 305 g/mol. The number of rotatable bonds is 4. The summed E-state index contributed by atoms with van der Waals surface area (Å²) in [5.74, 6) is -0.394. The first-order valence-corrected chi connectivity index (χ1v) is 6.82. The number of nitrogens with one attached hydrogen (secondary N) is 1. The van der Waals surface area contributed by atoms with Gasteiger partial charge in [0.05, 0.1) is 18.4 Å². The van der Waals surface area contributed by atoms with Crippen molar-refractivity contribution in [3.63, 3.8) is 0 Å². The van der Waals surface area contributed by atoms with Crippen molar-refractivity contribution in [2.45, 2.75) is 19.4 Å². The van der Waals surface area contributed by atoms with Crippen LogP contribution in [0.15, 0.2) is 36.7 Å². The van der Waals surface area contributed by atoms with E-state index in [-0.39, 0.29) is 12.2 Å². The van der Waals surface area contributed by atoms with Crippen LogP contribution >= 0.6 is 11.6 Å². The molecule has 0 aliphatic heterocycles. The Bertz CT molecular complexity index is 642. The summed E-state index contributed by atoms with van der Waals surface area (Å²) >= 11 is 6.06. The highest BCUT2D eigenvalue weighted by Crippen LogP contribution is 2.27. The smallest absolute Gasteiger partial charge is 0.271 e. The van der Waals surface area contributed by atoms with E-state index >= 15 is 0 Å². The van der Waals surface area contributed by atoms with Crippen molar-refractivity contribution in [3.05, 3.63) is 58.6 Å². The van der Waals surface area contributed by atoms with Gasteiger partial charge in [0.1, 0.15) is 11.3 Å². The fourth-order valence-electron chi connectivity index (χ4n) is 1.85. The number of nitrogens with zero attached hydrogens (tertiary/aromatic N) is 2.